The highest BCUT2D eigenvalue weighted by Gasteiger charge is 2.15. The van der Waals surface area contributed by atoms with E-state index in [1.165, 1.54) is 0 Å². The Morgan fingerprint density at radius 3 is 2.53 bits per heavy atom. The Bertz CT molecular complexity index is 360. The monoisotopic (exact) mass is 206 g/mol. The van der Waals surface area contributed by atoms with Crippen molar-refractivity contribution in [1.29, 1.82) is 0 Å². The van der Waals surface area contributed by atoms with Gasteiger partial charge >= 0.3 is 0 Å². The van der Waals surface area contributed by atoms with E-state index in [-0.39, 0.29) is 5.41 Å². The number of nitrogens with zero attached hydrogens (tertiary/aromatic N) is 2. The maximum Gasteiger partial charge on any atom is 0.161 e. The highest BCUT2D eigenvalue weighted by atomic mass is 16.6. The molecular weight excluding hydrogens is 188 g/mol. The third-order valence-electron chi connectivity index (χ3n) is 1.83. The largest absolute Gasteiger partial charge is 0.357 e. The molecule has 0 aromatic carbocycles. The zero-order valence-electron chi connectivity index (χ0n) is 10.0. The van der Waals surface area contributed by atoms with Crippen molar-refractivity contribution in [3.05, 3.63) is 24.0 Å². The van der Waals surface area contributed by atoms with Crippen LogP contribution in [0, 0.1) is 0 Å². The topological polar surface area (TPSA) is 34.5 Å². The van der Waals surface area contributed by atoms with Crippen molar-refractivity contribution in [2.24, 2.45) is 5.16 Å². The number of aromatic nitrogens is 1. The molecule has 0 atom stereocenters. The van der Waals surface area contributed by atoms with Crippen LogP contribution in [0.4, 0.5) is 0 Å². The van der Waals surface area contributed by atoms with E-state index in [4.69, 9.17) is 4.84 Å². The minimum Gasteiger partial charge on any atom is -0.357 e. The summed E-state index contributed by atoms with van der Waals surface area (Å²) >= 11 is 0. The Balaban J connectivity index is 2.89. The summed E-state index contributed by atoms with van der Waals surface area (Å²) in [7, 11) is 0. The van der Waals surface area contributed by atoms with Gasteiger partial charge in [0.05, 0.1) is 5.71 Å². The van der Waals surface area contributed by atoms with E-state index < -0.39 is 0 Å². The van der Waals surface area contributed by atoms with Gasteiger partial charge in [0.1, 0.15) is 0 Å². The normalized spacial score (nSPS) is 11.0. The average molecular weight is 206 g/mol. The first kappa shape index (κ1) is 11.7. The van der Waals surface area contributed by atoms with Gasteiger partial charge in [-0.25, -0.2) is 0 Å². The van der Waals surface area contributed by atoms with Gasteiger partial charge in [-0.2, -0.15) is 0 Å². The average Bonchev–Trinajstić information content (AvgIpc) is 2.14. The summed E-state index contributed by atoms with van der Waals surface area (Å²) in [5, 5.41) is 3.91. The SMILES string of the molecule is CC(C)=NOc1ccnc(C(C)(C)C)c1. The van der Waals surface area contributed by atoms with Crippen LogP contribution in [-0.2, 0) is 5.41 Å². The fourth-order valence-corrected chi connectivity index (χ4v) is 1.02. The van der Waals surface area contributed by atoms with Crippen LogP contribution in [0.5, 0.6) is 5.75 Å². The van der Waals surface area contributed by atoms with Crippen LogP contribution >= 0.6 is 0 Å². The van der Waals surface area contributed by atoms with E-state index in [0.717, 1.165) is 17.2 Å². The van der Waals surface area contributed by atoms with Crippen molar-refractivity contribution in [1.82, 2.24) is 4.98 Å². The van der Waals surface area contributed by atoms with Gasteiger partial charge in [-0.1, -0.05) is 25.9 Å². The molecule has 0 saturated heterocycles. The smallest absolute Gasteiger partial charge is 0.161 e. The second kappa shape index (κ2) is 4.43. The summed E-state index contributed by atoms with van der Waals surface area (Å²) < 4.78 is 0. The molecule has 1 rings (SSSR count). The van der Waals surface area contributed by atoms with Crippen molar-refractivity contribution in [3.8, 4) is 5.75 Å². The molecule has 0 amide bonds. The minimum absolute atomic E-state index is 0.0321. The van der Waals surface area contributed by atoms with E-state index >= 15 is 0 Å². The first-order valence-electron chi connectivity index (χ1n) is 5.04. The fraction of sp³-hybridized carbons (Fsp3) is 0.500. The summed E-state index contributed by atoms with van der Waals surface area (Å²) in [4.78, 5) is 9.56. The Hall–Kier alpha value is -1.38. The molecule has 3 heteroatoms. The van der Waals surface area contributed by atoms with Crippen molar-refractivity contribution in [3.63, 3.8) is 0 Å². The number of oxime groups is 1. The van der Waals surface area contributed by atoms with Gasteiger partial charge in [-0.3, -0.25) is 4.98 Å². The quantitative estimate of drug-likeness (QED) is 0.550. The van der Waals surface area contributed by atoms with E-state index in [1.807, 2.05) is 26.0 Å². The van der Waals surface area contributed by atoms with Crippen molar-refractivity contribution < 1.29 is 4.84 Å². The van der Waals surface area contributed by atoms with Crippen LogP contribution in [-0.4, -0.2) is 10.7 Å². The third-order valence-corrected chi connectivity index (χ3v) is 1.83. The molecule has 15 heavy (non-hydrogen) atoms. The lowest BCUT2D eigenvalue weighted by molar-refractivity contribution is 0.339. The molecule has 0 aliphatic rings. The highest BCUT2D eigenvalue weighted by molar-refractivity contribution is 5.78. The zero-order valence-corrected chi connectivity index (χ0v) is 10.0. The lowest BCUT2D eigenvalue weighted by Crippen LogP contribution is -2.13. The predicted molar refractivity (Wildman–Crippen MR) is 62.3 cm³/mol. The van der Waals surface area contributed by atoms with E-state index in [0.29, 0.717) is 0 Å². The lowest BCUT2D eigenvalue weighted by Gasteiger charge is -2.17. The fourth-order valence-electron chi connectivity index (χ4n) is 1.02. The first-order chi connectivity index (χ1) is 6.89. The molecule has 3 nitrogen and oxygen atoms in total. The van der Waals surface area contributed by atoms with E-state index in [9.17, 15) is 0 Å². The Kier molecular flexibility index (Phi) is 3.45. The van der Waals surface area contributed by atoms with Gasteiger partial charge in [-0.15, -0.1) is 0 Å². The number of hydrogen-bond donors (Lipinski definition) is 0. The van der Waals surface area contributed by atoms with E-state index in [1.54, 1.807) is 6.20 Å². The van der Waals surface area contributed by atoms with Gasteiger partial charge in [0.25, 0.3) is 0 Å². The van der Waals surface area contributed by atoms with Crippen molar-refractivity contribution in [2.75, 3.05) is 0 Å². The van der Waals surface area contributed by atoms with Crippen LogP contribution in [0.15, 0.2) is 23.5 Å². The molecule has 82 valence electrons. The number of rotatable bonds is 2. The number of pyridine rings is 1. The lowest BCUT2D eigenvalue weighted by atomic mass is 9.92. The molecule has 1 aromatic rings. The molecular formula is C12H18N2O. The van der Waals surface area contributed by atoms with Crippen molar-refractivity contribution >= 4 is 5.71 Å². The Morgan fingerprint density at radius 1 is 1.33 bits per heavy atom. The second-order valence-electron chi connectivity index (χ2n) is 4.76. The van der Waals surface area contributed by atoms with Gasteiger partial charge in [-0.05, 0) is 13.8 Å². The summed E-state index contributed by atoms with van der Waals surface area (Å²) in [6, 6.07) is 3.73. The number of hydrogen-bond acceptors (Lipinski definition) is 3. The standard InChI is InChI=1S/C12H18N2O/c1-9(2)14-15-10-6-7-13-11(8-10)12(3,4)5/h6-8H,1-5H3. The summed E-state index contributed by atoms with van der Waals surface area (Å²) in [5.74, 6) is 0.733. The third kappa shape index (κ3) is 3.70. The van der Waals surface area contributed by atoms with Crippen LogP contribution in [0.2, 0.25) is 0 Å². The van der Waals surface area contributed by atoms with Crippen LogP contribution in [0.3, 0.4) is 0 Å². The summed E-state index contributed by atoms with van der Waals surface area (Å²) in [6.07, 6.45) is 1.75. The second-order valence-corrected chi connectivity index (χ2v) is 4.76. The van der Waals surface area contributed by atoms with Gasteiger partial charge in [0.2, 0.25) is 0 Å². The Labute approximate surface area is 91.2 Å². The molecule has 0 spiro atoms. The van der Waals surface area contributed by atoms with Gasteiger partial charge < -0.3 is 4.84 Å². The van der Waals surface area contributed by atoms with Gasteiger partial charge in [0.15, 0.2) is 5.75 Å². The minimum atomic E-state index is 0.0321. The molecule has 0 saturated carbocycles. The maximum atomic E-state index is 5.25. The van der Waals surface area contributed by atoms with Crippen LogP contribution < -0.4 is 4.84 Å². The molecule has 0 bridgehead atoms. The first-order valence-corrected chi connectivity index (χ1v) is 5.04. The molecule has 0 aliphatic carbocycles. The van der Waals surface area contributed by atoms with Gasteiger partial charge in [0, 0.05) is 29.4 Å². The predicted octanol–water partition coefficient (Wildman–Crippen LogP) is 3.15. The van der Waals surface area contributed by atoms with E-state index in [2.05, 4.69) is 30.9 Å². The summed E-state index contributed by atoms with van der Waals surface area (Å²) in [6.45, 7) is 10.1. The zero-order chi connectivity index (χ0) is 11.5. The molecule has 0 N–H and O–H groups in total. The molecule has 1 heterocycles. The van der Waals surface area contributed by atoms with Crippen molar-refractivity contribution in [2.45, 2.75) is 40.0 Å². The highest BCUT2D eigenvalue weighted by Crippen LogP contribution is 2.23. The summed E-state index contributed by atoms with van der Waals surface area (Å²) in [5.41, 5.74) is 1.93. The molecule has 0 aliphatic heterocycles. The molecule has 0 radical (unpaired) electrons. The molecule has 1 aromatic heterocycles. The molecule has 0 unspecified atom stereocenters. The maximum absolute atomic E-state index is 5.25. The van der Waals surface area contributed by atoms with Crippen LogP contribution in [0.25, 0.3) is 0 Å². The van der Waals surface area contributed by atoms with Crippen LogP contribution in [0.1, 0.15) is 40.3 Å². The Morgan fingerprint density at radius 2 is 2.00 bits per heavy atom. The molecule has 0 fully saturated rings.